The fourth-order valence-corrected chi connectivity index (χ4v) is 2.24. The molecule has 1 aromatic rings. The predicted octanol–water partition coefficient (Wildman–Crippen LogP) is 1.44. The zero-order valence-electron chi connectivity index (χ0n) is 9.66. The fourth-order valence-electron chi connectivity index (χ4n) is 2.24. The molecule has 1 atom stereocenters. The second-order valence-electron chi connectivity index (χ2n) is 4.83. The number of anilines is 1. The van der Waals surface area contributed by atoms with Crippen molar-refractivity contribution < 1.29 is 0 Å². The van der Waals surface area contributed by atoms with Crippen LogP contribution >= 0.6 is 0 Å². The minimum absolute atomic E-state index is 0.529. The number of rotatable bonds is 3. The van der Waals surface area contributed by atoms with Crippen LogP contribution in [0.3, 0.4) is 0 Å². The van der Waals surface area contributed by atoms with Crippen LogP contribution in [-0.4, -0.2) is 29.1 Å². The van der Waals surface area contributed by atoms with Crippen LogP contribution < -0.4 is 10.6 Å². The zero-order valence-corrected chi connectivity index (χ0v) is 9.66. The van der Waals surface area contributed by atoms with Crippen molar-refractivity contribution in [1.29, 1.82) is 0 Å². The van der Waals surface area contributed by atoms with Gasteiger partial charge in [0.25, 0.3) is 0 Å². The van der Waals surface area contributed by atoms with E-state index in [1.165, 1.54) is 25.0 Å². The lowest BCUT2D eigenvalue weighted by atomic mass is 10.2. The second kappa shape index (κ2) is 4.01. The minimum Gasteiger partial charge on any atom is -0.366 e. The van der Waals surface area contributed by atoms with E-state index in [2.05, 4.69) is 26.7 Å². The van der Waals surface area contributed by atoms with E-state index in [9.17, 15) is 0 Å². The molecule has 0 bridgehead atoms. The molecule has 3 rings (SSSR count). The van der Waals surface area contributed by atoms with Crippen LogP contribution in [0.2, 0.25) is 0 Å². The third-order valence-electron chi connectivity index (χ3n) is 3.27. The highest BCUT2D eigenvalue weighted by Gasteiger charge is 2.26. The normalized spacial score (nSPS) is 24.7. The molecule has 0 spiro atoms. The molecule has 0 aromatic carbocycles. The van der Waals surface area contributed by atoms with Crippen LogP contribution in [0, 0.1) is 6.92 Å². The standard InChI is InChI=1S/C12H18N4/c1-8-14-11(9-2-3-9)6-12(15-8)16-10-4-5-13-7-10/h6,9-10,13H,2-5,7H2,1H3,(H,14,15,16). The number of aromatic nitrogens is 2. The molecule has 1 aliphatic heterocycles. The van der Waals surface area contributed by atoms with Crippen molar-refractivity contribution in [2.75, 3.05) is 18.4 Å². The van der Waals surface area contributed by atoms with Gasteiger partial charge in [0.05, 0.1) is 0 Å². The van der Waals surface area contributed by atoms with Crippen LogP contribution in [0.1, 0.15) is 36.7 Å². The molecule has 2 fully saturated rings. The van der Waals surface area contributed by atoms with Gasteiger partial charge in [-0.2, -0.15) is 0 Å². The average molecular weight is 218 g/mol. The van der Waals surface area contributed by atoms with E-state index in [1.807, 2.05) is 6.92 Å². The maximum atomic E-state index is 4.50. The molecule has 1 saturated carbocycles. The Kier molecular flexibility index (Phi) is 2.52. The molecule has 1 aliphatic carbocycles. The third-order valence-corrected chi connectivity index (χ3v) is 3.27. The van der Waals surface area contributed by atoms with Crippen LogP contribution in [0.25, 0.3) is 0 Å². The van der Waals surface area contributed by atoms with Gasteiger partial charge in [-0.3, -0.25) is 0 Å². The molecule has 86 valence electrons. The van der Waals surface area contributed by atoms with E-state index in [-0.39, 0.29) is 0 Å². The lowest BCUT2D eigenvalue weighted by Gasteiger charge is -2.13. The molecule has 4 heteroatoms. The fraction of sp³-hybridized carbons (Fsp3) is 0.667. The van der Waals surface area contributed by atoms with Crippen LogP contribution in [0.15, 0.2) is 6.07 Å². The number of nitrogens with zero attached hydrogens (tertiary/aromatic N) is 2. The largest absolute Gasteiger partial charge is 0.366 e. The van der Waals surface area contributed by atoms with Gasteiger partial charge in [-0.15, -0.1) is 0 Å². The van der Waals surface area contributed by atoms with Crippen molar-refractivity contribution in [2.24, 2.45) is 0 Å². The number of nitrogens with one attached hydrogen (secondary N) is 2. The number of aryl methyl sites for hydroxylation is 1. The Morgan fingerprint density at radius 3 is 2.88 bits per heavy atom. The summed E-state index contributed by atoms with van der Waals surface area (Å²) in [6, 6.07) is 2.66. The summed E-state index contributed by atoms with van der Waals surface area (Å²) in [5.74, 6) is 2.59. The smallest absolute Gasteiger partial charge is 0.130 e. The molecule has 0 radical (unpaired) electrons. The van der Waals surface area contributed by atoms with Crippen molar-refractivity contribution in [3.05, 3.63) is 17.6 Å². The predicted molar refractivity (Wildman–Crippen MR) is 63.6 cm³/mol. The first-order chi connectivity index (χ1) is 7.81. The van der Waals surface area contributed by atoms with Gasteiger partial charge in [0.1, 0.15) is 11.6 Å². The van der Waals surface area contributed by atoms with E-state index in [4.69, 9.17) is 0 Å². The highest BCUT2D eigenvalue weighted by Crippen LogP contribution is 2.39. The summed E-state index contributed by atoms with van der Waals surface area (Å²) in [6.07, 6.45) is 3.77. The summed E-state index contributed by atoms with van der Waals surface area (Å²) in [4.78, 5) is 8.96. The summed E-state index contributed by atoms with van der Waals surface area (Å²) in [5.41, 5.74) is 1.22. The van der Waals surface area contributed by atoms with Crippen molar-refractivity contribution >= 4 is 5.82 Å². The molecule has 1 aromatic heterocycles. The van der Waals surface area contributed by atoms with Crippen molar-refractivity contribution in [2.45, 2.75) is 38.1 Å². The quantitative estimate of drug-likeness (QED) is 0.806. The highest BCUT2D eigenvalue weighted by atomic mass is 15.1. The van der Waals surface area contributed by atoms with Crippen LogP contribution in [0.4, 0.5) is 5.82 Å². The SMILES string of the molecule is Cc1nc(NC2CCNC2)cc(C2CC2)n1. The summed E-state index contributed by atoms with van der Waals surface area (Å²) >= 11 is 0. The Morgan fingerprint density at radius 2 is 2.19 bits per heavy atom. The first-order valence-corrected chi connectivity index (χ1v) is 6.14. The first-order valence-electron chi connectivity index (χ1n) is 6.14. The Labute approximate surface area is 95.9 Å². The van der Waals surface area contributed by atoms with E-state index < -0.39 is 0 Å². The number of hydrogen-bond acceptors (Lipinski definition) is 4. The first kappa shape index (κ1) is 10.0. The Bertz CT molecular complexity index is 381. The summed E-state index contributed by atoms with van der Waals surface area (Å²) < 4.78 is 0. The lowest BCUT2D eigenvalue weighted by molar-refractivity contribution is 0.782. The monoisotopic (exact) mass is 218 g/mol. The molecule has 1 unspecified atom stereocenters. The van der Waals surface area contributed by atoms with Gasteiger partial charge in [0.2, 0.25) is 0 Å². The van der Waals surface area contributed by atoms with Crippen molar-refractivity contribution in [1.82, 2.24) is 15.3 Å². The molecule has 16 heavy (non-hydrogen) atoms. The van der Waals surface area contributed by atoms with E-state index in [0.29, 0.717) is 12.0 Å². The van der Waals surface area contributed by atoms with Gasteiger partial charge < -0.3 is 10.6 Å². The summed E-state index contributed by atoms with van der Waals surface area (Å²) in [6.45, 7) is 4.13. The minimum atomic E-state index is 0.529. The number of hydrogen-bond donors (Lipinski definition) is 2. The van der Waals surface area contributed by atoms with Gasteiger partial charge in [0.15, 0.2) is 0 Å². The van der Waals surface area contributed by atoms with Crippen molar-refractivity contribution in [3.63, 3.8) is 0 Å². The molecule has 2 aliphatic rings. The van der Waals surface area contributed by atoms with E-state index in [1.54, 1.807) is 0 Å². The third kappa shape index (κ3) is 2.16. The molecule has 0 amide bonds. The Hall–Kier alpha value is -1.16. The molecule has 1 saturated heterocycles. The zero-order chi connectivity index (χ0) is 11.0. The van der Waals surface area contributed by atoms with Gasteiger partial charge in [0, 0.05) is 30.3 Å². The van der Waals surface area contributed by atoms with Gasteiger partial charge in [-0.05, 0) is 32.7 Å². The van der Waals surface area contributed by atoms with Gasteiger partial charge >= 0.3 is 0 Å². The van der Waals surface area contributed by atoms with Gasteiger partial charge in [-0.1, -0.05) is 0 Å². The Morgan fingerprint density at radius 1 is 1.31 bits per heavy atom. The Balaban J connectivity index is 1.76. The summed E-state index contributed by atoms with van der Waals surface area (Å²) in [7, 11) is 0. The van der Waals surface area contributed by atoms with Crippen LogP contribution in [0.5, 0.6) is 0 Å². The molecular formula is C12H18N4. The van der Waals surface area contributed by atoms with Gasteiger partial charge in [-0.25, -0.2) is 9.97 Å². The second-order valence-corrected chi connectivity index (χ2v) is 4.83. The van der Waals surface area contributed by atoms with Crippen LogP contribution in [-0.2, 0) is 0 Å². The van der Waals surface area contributed by atoms with Crippen molar-refractivity contribution in [3.8, 4) is 0 Å². The maximum absolute atomic E-state index is 4.50. The lowest BCUT2D eigenvalue weighted by Crippen LogP contribution is -2.23. The highest BCUT2D eigenvalue weighted by molar-refractivity contribution is 5.39. The molecule has 2 N–H and O–H groups in total. The maximum Gasteiger partial charge on any atom is 0.130 e. The molecule has 4 nitrogen and oxygen atoms in total. The topological polar surface area (TPSA) is 49.8 Å². The average Bonchev–Trinajstić information content (AvgIpc) is 2.98. The van der Waals surface area contributed by atoms with E-state index in [0.717, 1.165) is 24.7 Å². The molecular weight excluding hydrogens is 200 g/mol. The van der Waals surface area contributed by atoms with E-state index >= 15 is 0 Å². The molecule has 2 heterocycles. The summed E-state index contributed by atoms with van der Waals surface area (Å²) in [5, 5.41) is 6.84.